The third-order valence-electron chi connectivity index (χ3n) is 5.03. The molecule has 0 saturated carbocycles. The van der Waals surface area contributed by atoms with Gasteiger partial charge in [-0.05, 0) is 49.2 Å². The first-order valence-corrected chi connectivity index (χ1v) is 9.68. The number of nitrogens with zero attached hydrogens (tertiary/aromatic N) is 4. The molecule has 4 aromatic rings. The molecule has 0 fully saturated rings. The number of hydrogen-bond acceptors (Lipinski definition) is 6. The molecule has 0 aliphatic rings. The van der Waals surface area contributed by atoms with Crippen LogP contribution >= 0.6 is 0 Å². The van der Waals surface area contributed by atoms with Gasteiger partial charge in [-0.2, -0.15) is 5.10 Å². The van der Waals surface area contributed by atoms with Gasteiger partial charge in [0, 0.05) is 6.07 Å². The topological polar surface area (TPSA) is 88.2 Å². The van der Waals surface area contributed by atoms with Crippen LogP contribution in [0.5, 0.6) is 11.5 Å². The van der Waals surface area contributed by atoms with Crippen molar-refractivity contribution < 1.29 is 14.3 Å². The van der Waals surface area contributed by atoms with E-state index in [4.69, 9.17) is 9.47 Å². The quantitative estimate of drug-likeness (QED) is 0.447. The first-order chi connectivity index (χ1) is 14.9. The van der Waals surface area contributed by atoms with Crippen molar-refractivity contribution in [1.29, 1.82) is 0 Å². The number of carbonyl (C=O) groups excluding carboxylic acids is 1. The summed E-state index contributed by atoms with van der Waals surface area (Å²) in [5, 5.41) is 4.70. The van der Waals surface area contributed by atoms with Gasteiger partial charge in [0.15, 0.2) is 11.4 Å². The Balaban J connectivity index is 1.70. The van der Waals surface area contributed by atoms with Crippen molar-refractivity contribution in [2.24, 2.45) is 0 Å². The molecule has 2 aromatic carbocycles. The van der Waals surface area contributed by atoms with Crippen LogP contribution in [0.4, 0.5) is 0 Å². The van der Waals surface area contributed by atoms with Crippen LogP contribution in [0, 0.1) is 13.8 Å². The largest absolute Gasteiger partial charge is 0.497 e. The third-order valence-corrected chi connectivity index (χ3v) is 5.03. The second-order valence-corrected chi connectivity index (χ2v) is 7.31. The summed E-state index contributed by atoms with van der Waals surface area (Å²) in [6.45, 7) is 3.84. The second-order valence-electron chi connectivity index (χ2n) is 7.31. The van der Waals surface area contributed by atoms with Gasteiger partial charge in [0.05, 0.1) is 38.2 Å². The number of aryl methyl sites for hydroxylation is 2. The Hall–Kier alpha value is -3.94. The average molecular weight is 418 g/mol. The molecule has 0 unspecified atom stereocenters. The van der Waals surface area contributed by atoms with E-state index in [1.807, 2.05) is 26.0 Å². The van der Waals surface area contributed by atoms with Crippen LogP contribution in [0.3, 0.4) is 0 Å². The molecule has 8 heteroatoms. The van der Waals surface area contributed by atoms with Crippen molar-refractivity contribution in [2.45, 2.75) is 20.4 Å². The highest BCUT2D eigenvalue weighted by Crippen LogP contribution is 2.25. The average Bonchev–Trinajstić information content (AvgIpc) is 3.19. The van der Waals surface area contributed by atoms with Gasteiger partial charge >= 0.3 is 0 Å². The minimum absolute atomic E-state index is 0.167. The van der Waals surface area contributed by atoms with Gasteiger partial charge < -0.3 is 9.47 Å². The van der Waals surface area contributed by atoms with Crippen molar-refractivity contribution in [3.63, 3.8) is 0 Å². The molecule has 8 nitrogen and oxygen atoms in total. The van der Waals surface area contributed by atoms with E-state index >= 15 is 0 Å². The Morgan fingerprint density at radius 3 is 2.45 bits per heavy atom. The Morgan fingerprint density at radius 1 is 1.03 bits per heavy atom. The van der Waals surface area contributed by atoms with Crippen LogP contribution in [0.2, 0.25) is 0 Å². The maximum atomic E-state index is 13.0. The predicted molar refractivity (Wildman–Crippen MR) is 116 cm³/mol. The van der Waals surface area contributed by atoms with Gasteiger partial charge in [0.1, 0.15) is 23.2 Å². The fourth-order valence-electron chi connectivity index (χ4n) is 3.59. The van der Waals surface area contributed by atoms with Crippen LogP contribution in [-0.2, 0) is 6.54 Å². The molecule has 158 valence electrons. The van der Waals surface area contributed by atoms with E-state index in [1.165, 1.54) is 31.3 Å². The number of Topliss-reactive ketones (excluding diaryl/α,β-unsaturated/α-hetero) is 1. The molecule has 0 radical (unpaired) electrons. The predicted octanol–water partition coefficient (Wildman–Crippen LogP) is 3.10. The molecule has 2 heterocycles. The van der Waals surface area contributed by atoms with Crippen LogP contribution in [0.15, 0.2) is 53.7 Å². The zero-order valence-electron chi connectivity index (χ0n) is 17.7. The summed E-state index contributed by atoms with van der Waals surface area (Å²) >= 11 is 0. The van der Waals surface area contributed by atoms with Gasteiger partial charge in [0.25, 0.3) is 5.56 Å². The molecule has 0 N–H and O–H groups in total. The number of methoxy groups -OCH3 is 2. The summed E-state index contributed by atoms with van der Waals surface area (Å²) < 4.78 is 13.4. The van der Waals surface area contributed by atoms with E-state index in [0.29, 0.717) is 28.1 Å². The third kappa shape index (κ3) is 3.79. The Labute approximate surface area is 178 Å². The van der Waals surface area contributed by atoms with Crippen LogP contribution in [0.1, 0.15) is 21.5 Å². The van der Waals surface area contributed by atoms with E-state index in [0.717, 1.165) is 16.8 Å². The number of fused-ring (bicyclic) bond motifs is 1. The van der Waals surface area contributed by atoms with Crippen molar-refractivity contribution in [3.05, 3.63) is 76.0 Å². The van der Waals surface area contributed by atoms with E-state index in [9.17, 15) is 9.59 Å². The van der Waals surface area contributed by atoms with E-state index in [-0.39, 0.29) is 17.9 Å². The zero-order valence-corrected chi connectivity index (χ0v) is 17.7. The summed E-state index contributed by atoms with van der Waals surface area (Å²) in [5.41, 5.74) is 3.48. The molecule has 2 aromatic heterocycles. The van der Waals surface area contributed by atoms with E-state index in [2.05, 4.69) is 16.1 Å². The number of carbonyl (C=O) groups is 1. The molecule has 0 bridgehead atoms. The van der Waals surface area contributed by atoms with Gasteiger partial charge in [-0.3, -0.25) is 14.2 Å². The van der Waals surface area contributed by atoms with Crippen molar-refractivity contribution in [2.75, 3.05) is 14.2 Å². The zero-order chi connectivity index (χ0) is 22.1. The molecule has 0 atom stereocenters. The summed E-state index contributed by atoms with van der Waals surface area (Å²) in [6.07, 6.45) is 2.86. The monoisotopic (exact) mass is 418 g/mol. The lowest BCUT2D eigenvalue weighted by Gasteiger charge is -2.11. The summed E-state index contributed by atoms with van der Waals surface area (Å²) in [7, 11) is 3.02. The van der Waals surface area contributed by atoms with Gasteiger partial charge in [-0.1, -0.05) is 6.07 Å². The molecule has 0 spiro atoms. The SMILES string of the molecule is COc1ccc(C(=O)Cn2cnc3c(cnn3-c3cc(C)cc(C)c3)c2=O)c(OC)c1. The van der Waals surface area contributed by atoms with Crippen LogP contribution in [0.25, 0.3) is 16.7 Å². The normalized spacial score (nSPS) is 11.0. The molecular formula is C23H22N4O4. The molecule has 0 aliphatic heterocycles. The van der Waals surface area contributed by atoms with Crippen LogP contribution in [-0.4, -0.2) is 39.3 Å². The number of rotatable bonds is 6. The molecule has 0 saturated heterocycles. The lowest BCUT2D eigenvalue weighted by atomic mass is 10.1. The Kier molecular flexibility index (Phi) is 5.29. The first-order valence-electron chi connectivity index (χ1n) is 9.68. The lowest BCUT2D eigenvalue weighted by Crippen LogP contribution is -2.25. The highest BCUT2D eigenvalue weighted by Gasteiger charge is 2.17. The van der Waals surface area contributed by atoms with Gasteiger partial charge in [0.2, 0.25) is 0 Å². The highest BCUT2D eigenvalue weighted by molar-refractivity contribution is 5.98. The fourth-order valence-corrected chi connectivity index (χ4v) is 3.59. The Morgan fingerprint density at radius 2 is 1.77 bits per heavy atom. The summed E-state index contributed by atoms with van der Waals surface area (Å²) in [5.74, 6) is 0.686. The standard InChI is InChI=1S/C23H22N4O4/c1-14-7-15(2)9-16(8-14)27-22-19(11-25-27)23(29)26(13-24-22)12-20(28)18-6-5-17(30-3)10-21(18)31-4/h5-11,13H,12H2,1-4H3. The van der Waals surface area contributed by atoms with E-state index < -0.39 is 0 Å². The summed E-state index contributed by atoms with van der Waals surface area (Å²) in [4.78, 5) is 30.3. The maximum absolute atomic E-state index is 13.0. The summed E-state index contributed by atoms with van der Waals surface area (Å²) in [6, 6.07) is 10.9. The highest BCUT2D eigenvalue weighted by atomic mass is 16.5. The molecule has 0 aliphatic carbocycles. The fraction of sp³-hybridized carbons (Fsp3) is 0.217. The number of hydrogen-bond donors (Lipinski definition) is 0. The maximum Gasteiger partial charge on any atom is 0.264 e. The lowest BCUT2D eigenvalue weighted by molar-refractivity contribution is 0.0967. The van der Waals surface area contributed by atoms with Gasteiger partial charge in [-0.25, -0.2) is 9.67 Å². The molecule has 4 rings (SSSR count). The number of benzene rings is 2. The number of ether oxygens (including phenoxy) is 2. The van der Waals surface area contributed by atoms with Crippen LogP contribution < -0.4 is 15.0 Å². The van der Waals surface area contributed by atoms with Gasteiger partial charge in [-0.15, -0.1) is 0 Å². The minimum Gasteiger partial charge on any atom is -0.497 e. The van der Waals surface area contributed by atoms with Crippen molar-refractivity contribution in [3.8, 4) is 17.2 Å². The van der Waals surface area contributed by atoms with Crippen molar-refractivity contribution >= 4 is 16.8 Å². The number of ketones is 1. The molecule has 31 heavy (non-hydrogen) atoms. The smallest absolute Gasteiger partial charge is 0.264 e. The van der Waals surface area contributed by atoms with Crippen molar-refractivity contribution in [1.82, 2.24) is 19.3 Å². The first kappa shape index (κ1) is 20.3. The second kappa shape index (κ2) is 8.06. The minimum atomic E-state index is -0.332. The van der Waals surface area contributed by atoms with E-state index in [1.54, 1.807) is 22.9 Å². The molecule has 0 amide bonds. The number of aromatic nitrogens is 4. The molecular weight excluding hydrogens is 396 g/mol. The Bertz CT molecular complexity index is 1330.